The fraction of sp³-hybridized carbons (Fsp3) is 0.667. The molecule has 2 fully saturated rings. The standard InChI is InChI=1S/C24H30O4/c1-3-5-7-18-16-10-9-15-14-11-12-24(21(15)20(16)23(26)27-18)17(13-14)22(25)28-19(24)8-6-4-2/h8,13-15,18,21H,3-7,9-12H2,1-2H3/b19-8-/t14-,15?,18+,21?,24+/m1/s1. The fourth-order valence-corrected chi connectivity index (χ4v) is 6.63. The van der Waals surface area contributed by atoms with Gasteiger partial charge in [-0.1, -0.05) is 32.8 Å². The molecule has 2 heterocycles. The molecule has 0 aromatic rings. The van der Waals surface area contributed by atoms with Crippen LogP contribution >= 0.6 is 0 Å². The van der Waals surface area contributed by atoms with Crippen LogP contribution in [0.25, 0.3) is 0 Å². The molecule has 28 heavy (non-hydrogen) atoms. The Hall–Kier alpha value is -1.84. The van der Waals surface area contributed by atoms with Crippen molar-refractivity contribution in [3.63, 3.8) is 0 Å². The van der Waals surface area contributed by atoms with Crippen molar-refractivity contribution in [2.24, 2.45) is 23.2 Å². The highest BCUT2D eigenvalue weighted by atomic mass is 16.6. The Kier molecular flexibility index (Phi) is 4.29. The van der Waals surface area contributed by atoms with Crippen LogP contribution in [0.15, 0.2) is 34.6 Å². The van der Waals surface area contributed by atoms with Crippen LogP contribution < -0.4 is 0 Å². The molecule has 6 aliphatic rings. The minimum atomic E-state index is -0.425. The number of fused-ring (bicyclic) bond motifs is 1. The Morgan fingerprint density at radius 3 is 2.82 bits per heavy atom. The van der Waals surface area contributed by atoms with Crippen molar-refractivity contribution in [3.8, 4) is 0 Å². The number of unbranched alkanes of at least 4 members (excludes halogenated alkanes) is 2. The Labute approximate surface area is 167 Å². The van der Waals surface area contributed by atoms with E-state index in [1.165, 1.54) is 5.57 Å². The van der Waals surface area contributed by atoms with E-state index >= 15 is 0 Å². The van der Waals surface area contributed by atoms with Crippen molar-refractivity contribution in [3.05, 3.63) is 34.6 Å². The minimum Gasteiger partial charge on any atom is -0.454 e. The lowest BCUT2D eigenvalue weighted by Crippen LogP contribution is -2.50. The van der Waals surface area contributed by atoms with Crippen LogP contribution in [0.4, 0.5) is 0 Å². The molecule has 2 unspecified atom stereocenters. The molecule has 1 saturated carbocycles. The summed E-state index contributed by atoms with van der Waals surface area (Å²) in [5, 5.41) is 0. The first-order valence-corrected chi connectivity index (χ1v) is 11.2. The van der Waals surface area contributed by atoms with Crippen LogP contribution in [0.2, 0.25) is 0 Å². The van der Waals surface area contributed by atoms with Gasteiger partial charge in [-0.3, -0.25) is 0 Å². The third kappa shape index (κ3) is 2.29. The zero-order valence-electron chi connectivity index (χ0n) is 17.0. The van der Waals surface area contributed by atoms with Crippen LogP contribution in [0, 0.1) is 23.2 Å². The predicted molar refractivity (Wildman–Crippen MR) is 105 cm³/mol. The van der Waals surface area contributed by atoms with Crippen molar-refractivity contribution >= 4 is 11.9 Å². The summed E-state index contributed by atoms with van der Waals surface area (Å²) < 4.78 is 11.7. The van der Waals surface area contributed by atoms with E-state index in [0.717, 1.165) is 74.7 Å². The molecule has 150 valence electrons. The summed E-state index contributed by atoms with van der Waals surface area (Å²) in [4.78, 5) is 25.8. The summed E-state index contributed by atoms with van der Waals surface area (Å²) in [7, 11) is 0. The maximum absolute atomic E-state index is 13.1. The molecule has 1 spiro atoms. The van der Waals surface area contributed by atoms with Gasteiger partial charge in [0.25, 0.3) is 0 Å². The van der Waals surface area contributed by atoms with Crippen LogP contribution in [0.1, 0.15) is 71.6 Å². The second kappa shape index (κ2) is 6.60. The van der Waals surface area contributed by atoms with Crippen LogP contribution in [0.3, 0.4) is 0 Å². The molecule has 0 N–H and O–H groups in total. The van der Waals surface area contributed by atoms with E-state index in [1.54, 1.807) is 0 Å². The summed E-state index contributed by atoms with van der Waals surface area (Å²) in [6, 6.07) is 0. The number of carbonyl (C=O) groups is 2. The summed E-state index contributed by atoms with van der Waals surface area (Å²) in [5.74, 6) is 1.37. The minimum absolute atomic E-state index is 0.0474. The van der Waals surface area contributed by atoms with Gasteiger partial charge in [0.05, 0.1) is 5.41 Å². The van der Waals surface area contributed by atoms with E-state index in [4.69, 9.17) is 9.47 Å². The number of carbonyl (C=O) groups excluding carboxylic acids is 2. The van der Waals surface area contributed by atoms with Gasteiger partial charge in [0.15, 0.2) is 0 Å². The first-order valence-electron chi connectivity index (χ1n) is 11.2. The lowest BCUT2D eigenvalue weighted by atomic mass is 9.46. The summed E-state index contributed by atoms with van der Waals surface area (Å²) >= 11 is 0. The quantitative estimate of drug-likeness (QED) is 0.628. The normalized spacial score (nSPS) is 39.5. The van der Waals surface area contributed by atoms with Gasteiger partial charge in [0.2, 0.25) is 0 Å². The number of cyclic esters (lactones) is 2. The van der Waals surface area contributed by atoms with Crippen molar-refractivity contribution < 1.29 is 19.1 Å². The Bertz CT molecular complexity index is 816. The molecule has 0 aromatic heterocycles. The van der Waals surface area contributed by atoms with Gasteiger partial charge < -0.3 is 9.47 Å². The first-order chi connectivity index (χ1) is 13.6. The van der Waals surface area contributed by atoms with E-state index in [1.807, 2.05) is 0 Å². The van der Waals surface area contributed by atoms with Crippen molar-refractivity contribution in [1.29, 1.82) is 0 Å². The molecule has 5 atom stereocenters. The maximum Gasteiger partial charge on any atom is 0.339 e. The highest BCUT2D eigenvalue weighted by molar-refractivity contribution is 5.99. The zero-order chi connectivity index (χ0) is 19.5. The van der Waals surface area contributed by atoms with Gasteiger partial charge in [-0.2, -0.15) is 0 Å². The Morgan fingerprint density at radius 1 is 1.18 bits per heavy atom. The number of allylic oxidation sites excluding steroid dienone is 3. The largest absolute Gasteiger partial charge is 0.454 e. The smallest absolute Gasteiger partial charge is 0.339 e. The highest BCUT2D eigenvalue weighted by Crippen LogP contribution is 2.68. The highest BCUT2D eigenvalue weighted by Gasteiger charge is 2.66. The molecule has 2 bridgehead atoms. The van der Waals surface area contributed by atoms with E-state index < -0.39 is 5.41 Å². The van der Waals surface area contributed by atoms with Gasteiger partial charge in [-0.25, -0.2) is 9.59 Å². The zero-order valence-corrected chi connectivity index (χ0v) is 17.0. The number of hydrogen-bond acceptors (Lipinski definition) is 4. The number of esters is 2. The molecule has 4 heteroatoms. The van der Waals surface area contributed by atoms with Crippen molar-refractivity contribution in [1.82, 2.24) is 0 Å². The number of ether oxygens (including phenoxy) is 2. The number of rotatable bonds is 5. The monoisotopic (exact) mass is 382 g/mol. The second-order valence-electron chi connectivity index (χ2n) is 9.16. The number of hydrogen-bond donors (Lipinski definition) is 0. The van der Waals surface area contributed by atoms with Crippen molar-refractivity contribution in [2.45, 2.75) is 77.7 Å². The Morgan fingerprint density at radius 2 is 2.04 bits per heavy atom. The molecule has 0 radical (unpaired) electrons. The lowest BCUT2D eigenvalue weighted by Gasteiger charge is -2.54. The molecule has 4 aliphatic carbocycles. The second-order valence-corrected chi connectivity index (χ2v) is 9.16. The van der Waals surface area contributed by atoms with E-state index in [-0.39, 0.29) is 24.0 Å². The summed E-state index contributed by atoms with van der Waals surface area (Å²) in [6.07, 6.45) is 13.3. The van der Waals surface area contributed by atoms with Gasteiger partial charge >= 0.3 is 11.9 Å². The molecular weight excluding hydrogens is 352 g/mol. The molecule has 0 amide bonds. The van der Waals surface area contributed by atoms with Gasteiger partial charge in [0.1, 0.15) is 11.9 Å². The van der Waals surface area contributed by atoms with Gasteiger partial charge in [-0.05, 0) is 68.4 Å². The fourth-order valence-electron chi connectivity index (χ4n) is 6.63. The van der Waals surface area contributed by atoms with Crippen LogP contribution in [0.5, 0.6) is 0 Å². The van der Waals surface area contributed by atoms with E-state index in [9.17, 15) is 9.59 Å². The molecule has 2 aliphatic heterocycles. The predicted octanol–water partition coefficient (Wildman–Crippen LogP) is 5.00. The van der Waals surface area contributed by atoms with E-state index in [0.29, 0.717) is 11.8 Å². The third-order valence-corrected chi connectivity index (χ3v) is 7.80. The van der Waals surface area contributed by atoms with Gasteiger partial charge in [0, 0.05) is 17.1 Å². The van der Waals surface area contributed by atoms with Crippen molar-refractivity contribution in [2.75, 3.05) is 0 Å². The molecule has 1 saturated heterocycles. The molecule has 4 nitrogen and oxygen atoms in total. The average Bonchev–Trinajstić information content (AvgIpc) is 3.19. The summed E-state index contributed by atoms with van der Waals surface area (Å²) in [5.41, 5.74) is 2.54. The average molecular weight is 383 g/mol. The van der Waals surface area contributed by atoms with Crippen LogP contribution in [-0.4, -0.2) is 18.0 Å². The maximum atomic E-state index is 13.1. The molecular formula is C24H30O4. The summed E-state index contributed by atoms with van der Waals surface area (Å²) in [6.45, 7) is 4.31. The topological polar surface area (TPSA) is 52.6 Å². The van der Waals surface area contributed by atoms with Crippen LogP contribution in [-0.2, 0) is 19.1 Å². The van der Waals surface area contributed by atoms with Gasteiger partial charge in [-0.15, -0.1) is 0 Å². The third-order valence-electron chi connectivity index (χ3n) is 7.80. The SMILES string of the molecule is CCC/C=C1\OC(=O)C2=C[C@H]3CC[C@]21C1C2=C(CCC13)[C@H](CCCC)OC2=O. The Balaban J connectivity index is 1.63. The van der Waals surface area contributed by atoms with E-state index in [2.05, 4.69) is 26.0 Å². The lowest BCUT2D eigenvalue weighted by molar-refractivity contribution is -0.141. The first kappa shape index (κ1) is 18.2. The molecule has 0 aromatic carbocycles. The molecule has 6 rings (SSSR count).